The van der Waals surface area contributed by atoms with Gasteiger partial charge in [-0.1, -0.05) is 24.3 Å². The standard InChI is InChI=1S/C19H24N4O3/c1-20-12-18(25)23-9-8-22(11-16(23)19(20)26)17(24)13-21-7-6-14-4-2-3-5-15(14)10-21/h2-5,16H,6-13H2,1H3. The number of amides is 3. The molecule has 1 atom stereocenters. The molecule has 4 rings (SSSR count). The van der Waals surface area contributed by atoms with Crippen LogP contribution >= 0.6 is 0 Å². The van der Waals surface area contributed by atoms with Crippen molar-refractivity contribution in [1.29, 1.82) is 0 Å². The van der Waals surface area contributed by atoms with Crippen LogP contribution in [-0.4, -0.2) is 89.7 Å². The van der Waals surface area contributed by atoms with Gasteiger partial charge in [0, 0.05) is 33.2 Å². The molecule has 26 heavy (non-hydrogen) atoms. The normalized spacial score (nSPS) is 23.7. The molecule has 2 saturated heterocycles. The highest BCUT2D eigenvalue weighted by molar-refractivity contribution is 5.95. The molecule has 1 aromatic rings. The maximum Gasteiger partial charge on any atom is 0.247 e. The fraction of sp³-hybridized carbons (Fsp3) is 0.526. The average molecular weight is 356 g/mol. The second-order valence-corrected chi connectivity index (χ2v) is 7.37. The molecule has 138 valence electrons. The topological polar surface area (TPSA) is 64.2 Å². The van der Waals surface area contributed by atoms with Gasteiger partial charge in [0.2, 0.25) is 17.7 Å². The van der Waals surface area contributed by atoms with Gasteiger partial charge in [0.05, 0.1) is 19.6 Å². The molecule has 3 amide bonds. The lowest BCUT2D eigenvalue weighted by Crippen LogP contribution is -2.67. The van der Waals surface area contributed by atoms with Gasteiger partial charge in [0.1, 0.15) is 6.04 Å². The van der Waals surface area contributed by atoms with E-state index in [1.54, 1.807) is 16.8 Å². The lowest BCUT2D eigenvalue weighted by Gasteiger charge is -2.45. The summed E-state index contributed by atoms with van der Waals surface area (Å²) >= 11 is 0. The molecule has 1 unspecified atom stereocenters. The number of carbonyl (C=O) groups excluding carboxylic acids is 3. The lowest BCUT2D eigenvalue weighted by atomic mass is 10.00. The second-order valence-electron chi connectivity index (χ2n) is 7.37. The van der Waals surface area contributed by atoms with Crippen molar-refractivity contribution in [1.82, 2.24) is 19.6 Å². The SMILES string of the molecule is CN1CC(=O)N2CCN(C(=O)CN3CCc4ccccc4C3)CC2C1=O. The minimum absolute atomic E-state index is 0.0307. The predicted octanol–water partition coefficient (Wildman–Crippen LogP) is -0.444. The van der Waals surface area contributed by atoms with E-state index in [9.17, 15) is 14.4 Å². The Morgan fingerprint density at radius 3 is 2.65 bits per heavy atom. The molecule has 2 fully saturated rings. The minimum atomic E-state index is -0.527. The van der Waals surface area contributed by atoms with Crippen LogP contribution in [0, 0.1) is 0 Å². The van der Waals surface area contributed by atoms with E-state index < -0.39 is 6.04 Å². The highest BCUT2D eigenvalue weighted by Crippen LogP contribution is 2.20. The summed E-state index contributed by atoms with van der Waals surface area (Å²) in [5.74, 6) is -0.0663. The largest absolute Gasteiger partial charge is 0.337 e. The van der Waals surface area contributed by atoms with E-state index in [1.807, 2.05) is 6.07 Å². The van der Waals surface area contributed by atoms with E-state index in [4.69, 9.17) is 0 Å². The number of benzene rings is 1. The molecule has 3 aliphatic heterocycles. The molecule has 7 heteroatoms. The number of fused-ring (bicyclic) bond motifs is 2. The van der Waals surface area contributed by atoms with Gasteiger partial charge in [-0.05, 0) is 17.5 Å². The van der Waals surface area contributed by atoms with Gasteiger partial charge in [-0.3, -0.25) is 19.3 Å². The molecule has 0 bridgehead atoms. The molecule has 3 aliphatic rings. The van der Waals surface area contributed by atoms with Crippen LogP contribution in [0.25, 0.3) is 0 Å². The Balaban J connectivity index is 1.39. The van der Waals surface area contributed by atoms with Crippen molar-refractivity contribution in [3.8, 4) is 0 Å². The van der Waals surface area contributed by atoms with Crippen LogP contribution in [0.5, 0.6) is 0 Å². The van der Waals surface area contributed by atoms with Gasteiger partial charge in [0.25, 0.3) is 0 Å². The molecule has 0 N–H and O–H groups in total. The van der Waals surface area contributed by atoms with Crippen molar-refractivity contribution >= 4 is 17.7 Å². The van der Waals surface area contributed by atoms with Gasteiger partial charge in [0.15, 0.2) is 0 Å². The number of piperazine rings is 2. The number of hydrogen-bond donors (Lipinski definition) is 0. The maximum atomic E-state index is 12.8. The summed E-state index contributed by atoms with van der Waals surface area (Å²) in [5.41, 5.74) is 2.64. The molecule has 0 saturated carbocycles. The third-order valence-electron chi connectivity index (χ3n) is 5.66. The highest BCUT2D eigenvalue weighted by atomic mass is 16.2. The van der Waals surface area contributed by atoms with Crippen LogP contribution in [0.4, 0.5) is 0 Å². The zero-order valence-electron chi connectivity index (χ0n) is 15.1. The first-order valence-corrected chi connectivity index (χ1v) is 9.14. The van der Waals surface area contributed by atoms with E-state index in [0.717, 1.165) is 19.5 Å². The third-order valence-corrected chi connectivity index (χ3v) is 5.66. The zero-order valence-corrected chi connectivity index (χ0v) is 15.1. The van der Waals surface area contributed by atoms with E-state index in [2.05, 4.69) is 23.1 Å². The van der Waals surface area contributed by atoms with Crippen LogP contribution < -0.4 is 0 Å². The van der Waals surface area contributed by atoms with E-state index in [1.165, 1.54) is 16.0 Å². The summed E-state index contributed by atoms with van der Waals surface area (Å²) in [6.07, 6.45) is 0.956. The smallest absolute Gasteiger partial charge is 0.247 e. The van der Waals surface area contributed by atoms with Crippen molar-refractivity contribution in [3.05, 3.63) is 35.4 Å². The van der Waals surface area contributed by atoms with Crippen molar-refractivity contribution in [2.24, 2.45) is 0 Å². The molecule has 0 aromatic heterocycles. The first-order chi connectivity index (χ1) is 12.5. The third kappa shape index (κ3) is 3.07. The monoisotopic (exact) mass is 356 g/mol. The van der Waals surface area contributed by atoms with E-state index >= 15 is 0 Å². The molecule has 0 radical (unpaired) electrons. The van der Waals surface area contributed by atoms with E-state index in [-0.39, 0.29) is 24.3 Å². The number of carbonyl (C=O) groups is 3. The Morgan fingerprint density at radius 1 is 1.08 bits per heavy atom. The number of likely N-dealkylation sites (N-methyl/N-ethyl adjacent to an activating group) is 1. The lowest BCUT2D eigenvalue weighted by molar-refractivity contribution is -0.160. The summed E-state index contributed by atoms with van der Waals surface area (Å²) in [4.78, 5) is 44.3. The van der Waals surface area contributed by atoms with Crippen molar-refractivity contribution < 1.29 is 14.4 Å². The Morgan fingerprint density at radius 2 is 1.85 bits per heavy atom. The molecule has 0 spiro atoms. The van der Waals surface area contributed by atoms with E-state index in [0.29, 0.717) is 26.2 Å². The van der Waals surface area contributed by atoms with Crippen LogP contribution in [0.2, 0.25) is 0 Å². The molecule has 0 aliphatic carbocycles. The Bertz CT molecular complexity index is 750. The number of rotatable bonds is 2. The summed E-state index contributed by atoms with van der Waals surface area (Å²) in [5, 5.41) is 0. The summed E-state index contributed by atoms with van der Waals surface area (Å²) < 4.78 is 0. The van der Waals surface area contributed by atoms with Crippen LogP contribution in [0.1, 0.15) is 11.1 Å². The van der Waals surface area contributed by atoms with Crippen LogP contribution in [-0.2, 0) is 27.3 Å². The Labute approximate surface area is 153 Å². The first kappa shape index (κ1) is 17.0. The quantitative estimate of drug-likeness (QED) is 0.721. The summed E-state index contributed by atoms with van der Waals surface area (Å²) in [6.45, 7) is 3.39. The van der Waals surface area contributed by atoms with Crippen molar-refractivity contribution in [2.75, 3.05) is 46.3 Å². The fourth-order valence-electron chi connectivity index (χ4n) is 4.13. The van der Waals surface area contributed by atoms with Gasteiger partial charge in [-0.25, -0.2) is 0 Å². The molecular weight excluding hydrogens is 332 g/mol. The van der Waals surface area contributed by atoms with Crippen LogP contribution in [0.3, 0.4) is 0 Å². The van der Waals surface area contributed by atoms with Crippen LogP contribution in [0.15, 0.2) is 24.3 Å². The molecular formula is C19H24N4O3. The first-order valence-electron chi connectivity index (χ1n) is 9.14. The van der Waals surface area contributed by atoms with Gasteiger partial charge < -0.3 is 14.7 Å². The highest BCUT2D eigenvalue weighted by Gasteiger charge is 2.42. The number of hydrogen-bond acceptors (Lipinski definition) is 4. The number of nitrogens with zero attached hydrogens (tertiary/aromatic N) is 4. The van der Waals surface area contributed by atoms with Gasteiger partial charge in [-0.2, -0.15) is 0 Å². The molecule has 3 heterocycles. The van der Waals surface area contributed by atoms with Crippen molar-refractivity contribution in [2.45, 2.75) is 19.0 Å². The maximum absolute atomic E-state index is 12.8. The predicted molar refractivity (Wildman–Crippen MR) is 95.1 cm³/mol. The average Bonchev–Trinajstić information content (AvgIpc) is 2.65. The molecule has 7 nitrogen and oxygen atoms in total. The Hall–Kier alpha value is -2.41. The van der Waals surface area contributed by atoms with Gasteiger partial charge in [-0.15, -0.1) is 0 Å². The summed E-state index contributed by atoms with van der Waals surface area (Å²) in [7, 11) is 1.64. The Kier molecular flexibility index (Phi) is 4.40. The fourth-order valence-corrected chi connectivity index (χ4v) is 4.13. The second kappa shape index (κ2) is 6.72. The molecule has 1 aromatic carbocycles. The van der Waals surface area contributed by atoms with Crippen molar-refractivity contribution in [3.63, 3.8) is 0 Å². The minimum Gasteiger partial charge on any atom is -0.337 e. The van der Waals surface area contributed by atoms with Gasteiger partial charge >= 0.3 is 0 Å². The zero-order chi connectivity index (χ0) is 18.3. The summed E-state index contributed by atoms with van der Waals surface area (Å²) in [6, 6.07) is 7.83.